The van der Waals surface area contributed by atoms with E-state index in [4.69, 9.17) is 10.9 Å². The van der Waals surface area contributed by atoms with E-state index in [-0.39, 0.29) is 11.9 Å². The molecule has 0 heterocycles. The SMILES string of the molecule is CC(Nc1cccc2ccccc12)C(N)=NO. The molecule has 88 valence electrons. The summed E-state index contributed by atoms with van der Waals surface area (Å²) in [4.78, 5) is 0. The molecule has 0 saturated carbocycles. The predicted octanol–water partition coefficient (Wildman–Crippen LogP) is 2.39. The molecule has 2 aromatic carbocycles. The van der Waals surface area contributed by atoms with Crippen LogP contribution in [0.4, 0.5) is 5.69 Å². The Kier molecular flexibility index (Phi) is 3.14. The lowest BCUT2D eigenvalue weighted by Gasteiger charge is -2.15. The first-order chi connectivity index (χ1) is 8.22. The quantitative estimate of drug-likeness (QED) is 0.327. The van der Waals surface area contributed by atoms with Crippen LogP contribution in [0.3, 0.4) is 0 Å². The standard InChI is InChI=1S/C13H15N3O/c1-9(13(14)16-17)15-12-8-4-6-10-5-2-3-7-11(10)12/h2-9,15,17H,1H3,(H2,14,16). The summed E-state index contributed by atoms with van der Waals surface area (Å²) in [6.45, 7) is 1.84. The molecule has 0 amide bonds. The minimum atomic E-state index is -0.217. The van der Waals surface area contributed by atoms with Crippen LogP contribution >= 0.6 is 0 Å². The second-order valence-corrected chi connectivity index (χ2v) is 3.92. The summed E-state index contributed by atoms with van der Waals surface area (Å²) < 4.78 is 0. The fourth-order valence-corrected chi connectivity index (χ4v) is 1.75. The molecular weight excluding hydrogens is 214 g/mol. The number of hydrogen-bond acceptors (Lipinski definition) is 3. The first kappa shape index (κ1) is 11.3. The van der Waals surface area contributed by atoms with Crippen molar-refractivity contribution in [2.45, 2.75) is 13.0 Å². The zero-order valence-corrected chi connectivity index (χ0v) is 9.59. The van der Waals surface area contributed by atoms with Gasteiger partial charge >= 0.3 is 0 Å². The van der Waals surface area contributed by atoms with Crippen molar-refractivity contribution >= 4 is 22.3 Å². The van der Waals surface area contributed by atoms with Crippen molar-refractivity contribution in [2.24, 2.45) is 10.9 Å². The number of nitrogens with one attached hydrogen (secondary N) is 1. The first-order valence-corrected chi connectivity index (χ1v) is 5.44. The zero-order chi connectivity index (χ0) is 12.3. The van der Waals surface area contributed by atoms with E-state index in [0.29, 0.717) is 0 Å². The summed E-state index contributed by atoms with van der Waals surface area (Å²) in [5, 5.41) is 17.1. The maximum absolute atomic E-state index is 8.62. The van der Waals surface area contributed by atoms with Gasteiger partial charge in [-0.2, -0.15) is 0 Å². The molecule has 4 heteroatoms. The second kappa shape index (κ2) is 4.74. The average molecular weight is 229 g/mol. The molecule has 4 nitrogen and oxygen atoms in total. The monoisotopic (exact) mass is 229 g/mol. The van der Waals surface area contributed by atoms with E-state index in [1.807, 2.05) is 37.3 Å². The summed E-state index contributed by atoms with van der Waals surface area (Å²) in [6, 6.07) is 13.9. The number of hydrogen-bond donors (Lipinski definition) is 3. The van der Waals surface area contributed by atoms with Crippen LogP contribution in [0.2, 0.25) is 0 Å². The van der Waals surface area contributed by atoms with Crippen molar-refractivity contribution in [1.82, 2.24) is 0 Å². The van der Waals surface area contributed by atoms with Gasteiger partial charge in [-0.3, -0.25) is 0 Å². The first-order valence-electron chi connectivity index (χ1n) is 5.44. The minimum Gasteiger partial charge on any atom is -0.409 e. The van der Waals surface area contributed by atoms with Crippen LogP contribution in [0, 0.1) is 0 Å². The molecule has 0 aliphatic heterocycles. The molecule has 0 fully saturated rings. The topological polar surface area (TPSA) is 70.6 Å². The molecule has 1 unspecified atom stereocenters. The molecule has 1 atom stereocenters. The van der Waals surface area contributed by atoms with Gasteiger partial charge in [0.25, 0.3) is 0 Å². The molecule has 2 aromatic rings. The van der Waals surface area contributed by atoms with Gasteiger partial charge in [0.05, 0.1) is 6.04 Å². The third-order valence-corrected chi connectivity index (χ3v) is 2.72. The Balaban J connectivity index is 2.36. The highest BCUT2D eigenvalue weighted by Gasteiger charge is 2.08. The summed E-state index contributed by atoms with van der Waals surface area (Å²) in [5.74, 6) is 0.165. The summed E-state index contributed by atoms with van der Waals surface area (Å²) in [7, 11) is 0. The maximum atomic E-state index is 8.62. The van der Waals surface area contributed by atoms with E-state index in [0.717, 1.165) is 16.5 Å². The van der Waals surface area contributed by atoms with Gasteiger partial charge in [0, 0.05) is 11.1 Å². The average Bonchev–Trinajstić information content (AvgIpc) is 2.38. The van der Waals surface area contributed by atoms with E-state index in [2.05, 4.69) is 22.6 Å². The third-order valence-electron chi connectivity index (χ3n) is 2.72. The fraction of sp³-hybridized carbons (Fsp3) is 0.154. The van der Waals surface area contributed by atoms with Gasteiger partial charge in [0.1, 0.15) is 0 Å². The maximum Gasteiger partial charge on any atom is 0.161 e. The van der Waals surface area contributed by atoms with E-state index >= 15 is 0 Å². The number of anilines is 1. The van der Waals surface area contributed by atoms with Gasteiger partial charge in [-0.05, 0) is 18.4 Å². The molecule has 0 bridgehead atoms. The van der Waals surface area contributed by atoms with Crippen LogP contribution in [0.15, 0.2) is 47.6 Å². The Labute approximate surface area is 99.7 Å². The van der Waals surface area contributed by atoms with E-state index in [1.165, 1.54) is 0 Å². The molecule has 0 spiro atoms. The lowest BCUT2D eigenvalue weighted by atomic mass is 10.1. The molecule has 0 aliphatic carbocycles. The van der Waals surface area contributed by atoms with Crippen LogP contribution in [-0.2, 0) is 0 Å². The van der Waals surface area contributed by atoms with E-state index in [1.54, 1.807) is 0 Å². The molecule has 0 radical (unpaired) electrons. The highest BCUT2D eigenvalue weighted by molar-refractivity contribution is 5.96. The highest BCUT2D eigenvalue weighted by Crippen LogP contribution is 2.23. The van der Waals surface area contributed by atoms with Crippen LogP contribution in [0.5, 0.6) is 0 Å². The largest absolute Gasteiger partial charge is 0.409 e. The zero-order valence-electron chi connectivity index (χ0n) is 9.59. The number of oxime groups is 1. The van der Waals surface area contributed by atoms with Gasteiger partial charge in [-0.25, -0.2) is 0 Å². The number of nitrogens with two attached hydrogens (primary N) is 1. The molecule has 17 heavy (non-hydrogen) atoms. The number of benzene rings is 2. The molecule has 0 aromatic heterocycles. The van der Waals surface area contributed by atoms with Gasteiger partial charge < -0.3 is 16.3 Å². The number of nitrogens with zero attached hydrogens (tertiary/aromatic N) is 1. The van der Waals surface area contributed by atoms with Gasteiger partial charge in [0.15, 0.2) is 5.84 Å². The van der Waals surface area contributed by atoms with Crippen molar-refractivity contribution < 1.29 is 5.21 Å². The summed E-state index contributed by atoms with van der Waals surface area (Å²) in [5.41, 5.74) is 6.52. The molecular formula is C13H15N3O. The van der Waals surface area contributed by atoms with Crippen LogP contribution in [0.1, 0.15) is 6.92 Å². The third kappa shape index (κ3) is 2.30. The van der Waals surface area contributed by atoms with E-state index < -0.39 is 0 Å². The van der Waals surface area contributed by atoms with Gasteiger partial charge in [-0.15, -0.1) is 0 Å². The number of rotatable bonds is 3. The summed E-state index contributed by atoms with van der Waals surface area (Å²) in [6.07, 6.45) is 0. The molecule has 2 rings (SSSR count). The number of amidine groups is 1. The molecule has 0 aliphatic rings. The van der Waals surface area contributed by atoms with Gasteiger partial charge in [0.2, 0.25) is 0 Å². The Bertz CT molecular complexity index is 546. The molecule has 4 N–H and O–H groups in total. The van der Waals surface area contributed by atoms with Crippen molar-refractivity contribution in [3.05, 3.63) is 42.5 Å². The normalized spacial score (nSPS) is 13.6. The smallest absolute Gasteiger partial charge is 0.161 e. The summed E-state index contributed by atoms with van der Waals surface area (Å²) >= 11 is 0. The lowest BCUT2D eigenvalue weighted by Crippen LogP contribution is -2.32. The Morgan fingerprint density at radius 3 is 2.71 bits per heavy atom. The molecule has 0 saturated heterocycles. The van der Waals surface area contributed by atoms with Crippen LogP contribution in [-0.4, -0.2) is 17.1 Å². The predicted molar refractivity (Wildman–Crippen MR) is 70.4 cm³/mol. The van der Waals surface area contributed by atoms with Crippen molar-refractivity contribution in [1.29, 1.82) is 0 Å². The minimum absolute atomic E-state index is 0.165. The Hall–Kier alpha value is -2.23. The van der Waals surface area contributed by atoms with E-state index in [9.17, 15) is 0 Å². The van der Waals surface area contributed by atoms with Crippen LogP contribution < -0.4 is 11.1 Å². The fourth-order valence-electron chi connectivity index (χ4n) is 1.75. The highest BCUT2D eigenvalue weighted by atomic mass is 16.4. The lowest BCUT2D eigenvalue weighted by molar-refractivity contribution is 0.316. The second-order valence-electron chi connectivity index (χ2n) is 3.92. The van der Waals surface area contributed by atoms with Gasteiger partial charge in [-0.1, -0.05) is 41.6 Å². The van der Waals surface area contributed by atoms with Crippen molar-refractivity contribution in [3.8, 4) is 0 Å². The number of fused-ring (bicyclic) bond motifs is 1. The van der Waals surface area contributed by atoms with Crippen molar-refractivity contribution in [2.75, 3.05) is 5.32 Å². The van der Waals surface area contributed by atoms with Crippen molar-refractivity contribution in [3.63, 3.8) is 0 Å². The Morgan fingerprint density at radius 1 is 1.24 bits per heavy atom. The Morgan fingerprint density at radius 2 is 1.94 bits per heavy atom. The van der Waals surface area contributed by atoms with Crippen LogP contribution in [0.25, 0.3) is 10.8 Å².